The highest BCUT2D eigenvalue weighted by atomic mass is 79.9. The number of amides is 1. The molecule has 1 heterocycles. The number of aromatic hydroxyl groups is 1. The second-order valence-corrected chi connectivity index (χ2v) is 10.0. The first-order chi connectivity index (χ1) is 15.8. The molecular weight excluding hydrogens is 508 g/mol. The molecule has 1 aromatic heterocycles. The summed E-state index contributed by atoms with van der Waals surface area (Å²) < 4.78 is 28.4. The van der Waals surface area contributed by atoms with Crippen molar-refractivity contribution in [1.29, 1.82) is 0 Å². The third-order valence-electron chi connectivity index (χ3n) is 4.91. The lowest BCUT2D eigenvalue weighted by Gasteiger charge is -2.23. The molecule has 0 atom stereocenters. The number of aryl methyl sites for hydroxylation is 1. The fourth-order valence-corrected chi connectivity index (χ4v) is 5.05. The van der Waals surface area contributed by atoms with Crippen LogP contribution >= 0.6 is 15.9 Å². The van der Waals surface area contributed by atoms with Crippen LogP contribution in [0.25, 0.3) is 10.9 Å². The second-order valence-electron chi connectivity index (χ2n) is 7.27. The number of hydrogen-bond acceptors (Lipinski definition) is 5. The number of anilines is 1. The van der Waals surface area contributed by atoms with Crippen LogP contribution in [0.3, 0.4) is 0 Å². The minimum Gasteiger partial charge on any atom is -0.493 e. The summed E-state index contributed by atoms with van der Waals surface area (Å²) in [6.45, 7) is 1.28. The van der Waals surface area contributed by atoms with Gasteiger partial charge in [0.15, 0.2) is 5.69 Å². The average Bonchev–Trinajstić information content (AvgIpc) is 3.11. The average molecular weight is 527 g/mol. The number of nitrogens with one attached hydrogen (secondary N) is 1. The van der Waals surface area contributed by atoms with E-state index in [4.69, 9.17) is 0 Å². The molecule has 8 nitrogen and oxygen atoms in total. The Labute approximate surface area is 198 Å². The molecule has 4 aromatic rings. The highest BCUT2D eigenvalue weighted by molar-refractivity contribution is 9.10. The third-order valence-corrected chi connectivity index (χ3v) is 7.19. The van der Waals surface area contributed by atoms with Gasteiger partial charge in [0.2, 0.25) is 5.88 Å². The lowest BCUT2D eigenvalue weighted by atomic mass is 10.2. The maximum Gasteiger partial charge on any atom is 0.285 e. The third kappa shape index (κ3) is 4.81. The number of benzene rings is 3. The molecule has 4 rings (SSSR count). The van der Waals surface area contributed by atoms with Crippen LogP contribution in [0.2, 0.25) is 0 Å². The molecule has 0 aliphatic heterocycles. The lowest BCUT2D eigenvalue weighted by Crippen LogP contribution is -2.35. The van der Waals surface area contributed by atoms with E-state index in [0.717, 1.165) is 9.87 Å². The first-order valence-corrected chi connectivity index (χ1v) is 12.1. The zero-order valence-electron chi connectivity index (χ0n) is 17.4. The number of carbonyl (C=O) groups excluding carboxylic acids is 1. The van der Waals surface area contributed by atoms with E-state index in [2.05, 4.69) is 31.1 Å². The number of aromatic amines is 1. The Balaban J connectivity index is 1.68. The predicted molar refractivity (Wildman–Crippen MR) is 129 cm³/mol. The van der Waals surface area contributed by atoms with Gasteiger partial charge in [-0.1, -0.05) is 57.9 Å². The number of sulfonamides is 1. The first kappa shape index (κ1) is 22.7. The van der Waals surface area contributed by atoms with Gasteiger partial charge in [-0.25, -0.2) is 8.42 Å². The molecule has 0 saturated heterocycles. The number of fused-ring (bicyclic) bond motifs is 1. The molecule has 0 spiro atoms. The molecule has 168 valence electrons. The fourth-order valence-electron chi connectivity index (χ4n) is 3.26. The Morgan fingerprint density at radius 2 is 1.79 bits per heavy atom. The summed E-state index contributed by atoms with van der Waals surface area (Å²) in [6.07, 6.45) is 0. The van der Waals surface area contributed by atoms with Gasteiger partial charge in [0.1, 0.15) is 6.54 Å². The van der Waals surface area contributed by atoms with E-state index in [1.165, 1.54) is 12.1 Å². The summed E-state index contributed by atoms with van der Waals surface area (Å²) in [6, 6.07) is 20.0. The summed E-state index contributed by atoms with van der Waals surface area (Å²) in [7, 11) is -4.06. The van der Waals surface area contributed by atoms with Crippen LogP contribution in [-0.2, 0) is 14.8 Å². The number of azo groups is 1. The molecule has 0 fully saturated rings. The van der Waals surface area contributed by atoms with Crippen molar-refractivity contribution >= 4 is 54.1 Å². The number of para-hydroxylation sites is 1. The van der Waals surface area contributed by atoms with Gasteiger partial charge in [-0.15, -0.1) is 10.2 Å². The topological polar surface area (TPSA) is 115 Å². The van der Waals surface area contributed by atoms with E-state index in [-0.39, 0.29) is 16.5 Å². The molecule has 0 aliphatic rings. The SMILES string of the molecule is Cc1ccc(S(=O)(=O)N(CC(=O)N=Nc2c(O)[nH]c3ccccc23)c2cccc(Br)c2)cc1. The molecule has 0 bridgehead atoms. The van der Waals surface area contributed by atoms with Crippen molar-refractivity contribution in [3.63, 3.8) is 0 Å². The monoisotopic (exact) mass is 526 g/mol. The molecule has 1 amide bonds. The van der Waals surface area contributed by atoms with Crippen LogP contribution in [-0.4, -0.2) is 31.0 Å². The van der Waals surface area contributed by atoms with E-state index in [0.29, 0.717) is 21.1 Å². The van der Waals surface area contributed by atoms with Crippen molar-refractivity contribution in [2.75, 3.05) is 10.8 Å². The minimum absolute atomic E-state index is 0.0482. The summed E-state index contributed by atoms with van der Waals surface area (Å²) in [5.74, 6) is -1.03. The van der Waals surface area contributed by atoms with Crippen molar-refractivity contribution in [2.24, 2.45) is 10.2 Å². The smallest absolute Gasteiger partial charge is 0.285 e. The minimum atomic E-state index is -4.06. The van der Waals surface area contributed by atoms with Gasteiger partial charge < -0.3 is 10.1 Å². The van der Waals surface area contributed by atoms with Crippen LogP contribution in [0.5, 0.6) is 5.88 Å². The first-order valence-electron chi connectivity index (χ1n) is 9.85. The van der Waals surface area contributed by atoms with Gasteiger partial charge in [0.25, 0.3) is 15.9 Å². The molecule has 0 unspecified atom stereocenters. The molecule has 0 radical (unpaired) electrons. The van der Waals surface area contributed by atoms with Crippen molar-refractivity contribution in [3.8, 4) is 5.88 Å². The Morgan fingerprint density at radius 3 is 2.52 bits per heavy atom. The fraction of sp³-hybridized carbons (Fsp3) is 0.0870. The van der Waals surface area contributed by atoms with Crippen LogP contribution in [0, 0.1) is 6.92 Å². The number of halogens is 1. The number of hydrogen-bond donors (Lipinski definition) is 2. The van der Waals surface area contributed by atoms with Gasteiger partial charge in [-0.3, -0.25) is 9.10 Å². The molecule has 0 aliphatic carbocycles. The van der Waals surface area contributed by atoms with Crippen LogP contribution in [0.1, 0.15) is 5.56 Å². The Kier molecular flexibility index (Phi) is 6.30. The number of aromatic nitrogens is 1. The standard InChI is InChI=1S/C23H19BrN4O4S/c1-15-9-11-18(12-10-15)33(31,32)28(17-6-4-5-16(24)13-17)14-21(29)26-27-22-19-7-2-3-8-20(19)25-23(22)30/h2-13,25,30H,14H2,1H3. The zero-order valence-corrected chi connectivity index (χ0v) is 19.8. The predicted octanol–water partition coefficient (Wildman–Crippen LogP) is 5.45. The summed E-state index contributed by atoms with van der Waals surface area (Å²) >= 11 is 3.34. The molecule has 3 aromatic carbocycles. The summed E-state index contributed by atoms with van der Waals surface area (Å²) in [5.41, 5.74) is 1.94. The van der Waals surface area contributed by atoms with E-state index in [1.807, 2.05) is 6.92 Å². The van der Waals surface area contributed by atoms with Gasteiger partial charge in [0.05, 0.1) is 16.1 Å². The highest BCUT2D eigenvalue weighted by Crippen LogP contribution is 2.35. The highest BCUT2D eigenvalue weighted by Gasteiger charge is 2.27. The summed E-state index contributed by atoms with van der Waals surface area (Å²) in [4.78, 5) is 15.5. The Hall–Kier alpha value is -3.50. The molecule has 2 N–H and O–H groups in total. The van der Waals surface area contributed by atoms with Crippen molar-refractivity contribution in [3.05, 3.63) is 82.8 Å². The Morgan fingerprint density at radius 1 is 1.06 bits per heavy atom. The van der Waals surface area contributed by atoms with Gasteiger partial charge >= 0.3 is 0 Å². The van der Waals surface area contributed by atoms with Crippen LogP contribution < -0.4 is 4.31 Å². The lowest BCUT2D eigenvalue weighted by molar-refractivity contribution is -0.116. The number of nitrogens with zero attached hydrogens (tertiary/aromatic N) is 3. The quantitative estimate of drug-likeness (QED) is 0.325. The maximum atomic E-state index is 13.4. The van der Waals surface area contributed by atoms with Crippen molar-refractivity contribution in [1.82, 2.24) is 4.98 Å². The van der Waals surface area contributed by atoms with Crippen molar-refractivity contribution in [2.45, 2.75) is 11.8 Å². The van der Waals surface area contributed by atoms with Gasteiger partial charge in [0, 0.05) is 9.86 Å². The van der Waals surface area contributed by atoms with E-state index in [1.54, 1.807) is 60.7 Å². The number of carbonyl (C=O) groups is 1. The van der Waals surface area contributed by atoms with Crippen LogP contribution in [0.4, 0.5) is 11.4 Å². The normalized spacial score (nSPS) is 11.8. The molecule has 0 saturated carbocycles. The van der Waals surface area contributed by atoms with E-state index >= 15 is 0 Å². The maximum absolute atomic E-state index is 13.4. The van der Waals surface area contributed by atoms with Crippen molar-refractivity contribution < 1.29 is 18.3 Å². The van der Waals surface area contributed by atoms with Crippen LogP contribution in [0.15, 0.2) is 92.4 Å². The number of H-pyrrole nitrogens is 1. The van der Waals surface area contributed by atoms with E-state index < -0.39 is 22.5 Å². The summed E-state index contributed by atoms with van der Waals surface area (Å²) in [5, 5.41) is 18.3. The molecular formula is C23H19BrN4O4S. The molecule has 10 heteroatoms. The zero-order chi connectivity index (χ0) is 23.6. The van der Waals surface area contributed by atoms with E-state index in [9.17, 15) is 18.3 Å². The molecule has 33 heavy (non-hydrogen) atoms. The second kappa shape index (κ2) is 9.16. The Bertz CT molecular complexity index is 1460. The van der Waals surface area contributed by atoms with Gasteiger partial charge in [-0.05, 0) is 43.3 Å². The number of rotatable bonds is 6. The van der Waals surface area contributed by atoms with Gasteiger partial charge in [-0.2, -0.15) is 0 Å². The largest absolute Gasteiger partial charge is 0.493 e.